The van der Waals surface area contributed by atoms with Crippen molar-refractivity contribution in [3.05, 3.63) is 23.3 Å². The molecule has 0 radical (unpaired) electrons. The standard InChI is InChI=1S/C10H20O.C10H18O/c1-7(2)9-5-4-8(3)6-10(9)11;1-9(2)5-4-6-10(3)7-8-11/h7-11H,4-6H2,1-3H3;5,7,11H,4,6,8H2,1-3H3/b;10-7-. The first-order chi connectivity index (χ1) is 10.3. The zero-order valence-corrected chi connectivity index (χ0v) is 15.6. The fourth-order valence-corrected chi connectivity index (χ4v) is 3.00. The van der Waals surface area contributed by atoms with Gasteiger partial charge in [0.25, 0.3) is 0 Å². The van der Waals surface area contributed by atoms with Crippen molar-refractivity contribution >= 4 is 0 Å². The van der Waals surface area contributed by atoms with Crippen LogP contribution in [0.4, 0.5) is 0 Å². The number of aliphatic hydroxyl groups is 2. The number of hydrogen-bond donors (Lipinski definition) is 2. The lowest BCUT2D eigenvalue weighted by molar-refractivity contribution is 0.0266. The number of aliphatic hydroxyl groups excluding tert-OH is 2. The molecule has 0 spiro atoms. The Balaban J connectivity index is 0.000000401. The van der Waals surface area contributed by atoms with Gasteiger partial charge in [-0.25, -0.2) is 0 Å². The van der Waals surface area contributed by atoms with E-state index in [1.165, 1.54) is 24.0 Å². The van der Waals surface area contributed by atoms with E-state index in [1.54, 1.807) is 0 Å². The highest BCUT2D eigenvalue weighted by Crippen LogP contribution is 2.33. The van der Waals surface area contributed by atoms with Crippen LogP contribution in [0, 0.1) is 17.8 Å². The summed E-state index contributed by atoms with van der Waals surface area (Å²) in [5.41, 5.74) is 2.63. The van der Waals surface area contributed by atoms with E-state index >= 15 is 0 Å². The Morgan fingerprint density at radius 3 is 2.23 bits per heavy atom. The van der Waals surface area contributed by atoms with E-state index in [-0.39, 0.29) is 12.7 Å². The Labute approximate surface area is 138 Å². The Bertz CT molecular complexity index is 338. The molecule has 2 N–H and O–H groups in total. The van der Waals surface area contributed by atoms with Gasteiger partial charge < -0.3 is 10.2 Å². The van der Waals surface area contributed by atoms with E-state index in [0.29, 0.717) is 11.8 Å². The molecule has 0 aromatic carbocycles. The molecule has 130 valence electrons. The van der Waals surface area contributed by atoms with E-state index in [4.69, 9.17) is 5.11 Å². The summed E-state index contributed by atoms with van der Waals surface area (Å²) >= 11 is 0. The third-order valence-electron chi connectivity index (χ3n) is 4.52. The van der Waals surface area contributed by atoms with Gasteiger partial charge in [0.05, 0.1) is 12.7 Å². The first kappa shape index (κ1) is 21.4. The van der Waals surface area contributed by atoms with E-state index in [2.05, 4.69) is 47.6 Å². The molecule has 2 nitrogen and oxygen atoms in total. The Hall–Kier alpha value is -0.600. The molecule has 0 saturated heterocycles. The van der Waals surface area contributed by atoms with Crippen molar-refractivity contribution in [3.63, 3.8) is 0 Å². The molecular formula is C20H38O2. The highest BCUT2D eigenvalue weighted by molar-refractivity contribution is 5.01. The summed E-state index contributed by atoms with van der Waals surface area (Å²) in [6, 6.07) is 0. The lowest BCUT2D eigenvalue weighted by Crippen LogP contribution is -2.31. The number of hydrogen-bond acceptors (Lipinski definition) is 2. The quantitative estimate of drug-likeness (QED) is 0.693. The molecule has 1 saturated carbocycles. The SMILES string of the molecule is CC(C)=CCC/C(C)=C\CO.CC1CCC(C(C)C)C(O)C1. The van der Waals surface area contributed by atoms with Crippen LogP contribution in [-0.4, -0.2) is 22.9 Å². The summed E-state index contributed by atoms with van der Waals surface area (Å²) in [4.78, 5) is 0. The Morgan fingerprint density at radius 2 is 1.77 bits per heavy atom. The first-order valence-electron chi connectivity index (χ1n) is 8.85. The van der Waals surface area contributed by atoms with Crippen LogP contribution in [0.15, 0.2) is 23.3 Å². The van der Waals surface area contributed by atoms with Crippen LogP contribution in [0.2, 0.25) is 0 Å². The minimum atomic E-state index is -0.0289. The van der Waals surface area contributed by atoms with Crippen molar-refractivity contribution in [3.8, 4) is 0 Å². The topological polar surface area (TPSA) is 40.5 Å². The summed E-state index contributed by atoms with van der Waals surface area (Å²) in [6.07, 6.45) is 9.74. The van der Waals surface area contributed by atoms with Gasteiger partial charge in [-0.15, -0.1) is 0 Å². The van der Waals surface area contributed by atoms with Gasteiger partial charge in [-0.3, -0.25) is 0 Å². The minimum absolute atomic E-state index is 0.0289. The van der Waals surface area contributed by atoms with Crippen molar-refractivity contribution in [2.24, 2.45) is 17.8 Å². The lowest BCUT2D eigenvalue weighted by atomic mass is 9.75. The largest absolute Gasteiger partial charge is 0.393 e. The second-order valence-corrected chi connectivity index (χ2v) is 7.45. The molecule has 22 heavy (non-hydrogen) atoms. The molecule has 3 atom stereocenters. The molecule has 1 aliphatic rings. The van der Waals surface area contributed by atoms with Gasteiger partial charge in [-0.1, -0.05) is 50.5 Å². The average molecular weight is 311 g/mol. The van der Waals surface area contributed by atoms with Gasteiger partial charge in [0.1, 0.15) is 0 Å². The van der Waals surface area contributed by atoms with Crippen LogP contribution in [0.3, 0.4) is 0 Å². The van der Waals surface area contributed by atoms with E-state index in [9.17, 15) is 5.11 Å². The monoisotopic (exact) mass is 310 g/mol. The van der Waals surface area contributed by atoms with Crippen LogP contribution in [0.5, 0.6) is 0 Å². The Kier molecular flexibility index (Phi) is 11.6. The maximum Gasteiger partial charge on any atom is 0.0614 e. The molecule has 1 aliphatic carbocycles. The molecule has 3 unspecified atom stereocenters. The van der Waals surface area contributed by atoms with Crippen molar-refractivity contribution in [1.82, 2.24) is 0 Å². The van der Waals surface area contributed by atoms with Gasteiger partial charge >= 0.3 is 0 Å². The smallest absolute Gasteiger partial charge is 0.0614 e. The molecule has 0 aliphatic heterocycles. The van der Waals surface area contributed by atoms with Crippen molar-refractivity contribution in [2.75, 3.05) is 6.61 Å². The van der Waals surface area contributed by atoms with Crippen LogP contribution in [0.1, 0.15) is 73.6 Å². The molecule has 0 aromatic rings. The van der Waals surface area contributed by atoms with E-state index in [0.717, 1.165) is 25.2 Å². The van der Waals surface area contributed by atoms with Crippen LogP contribution >= 0.6 is 0 Å². The highest BCUT2D eigenvalue weighted by atomic mass is 16.3. The summed E-state index contributed by atoms with van der Waals surface area (Å²) in [5.74, 6) is 1.95. The summed E-state index contributed by atoms with van der Waals surface area (Å²) in [7, 11) is 0. The first-order valence-corrected chi connectivity index (χ1v) is 8.85. The van der Waals surface area contributed by atoms with Crippen molar-refractivity contribution in [2.45, 2.75) is 79.8 Å². The summed E-state index contributed by atoms with van der Waals surface area (Å²) in [5, 5.41) is 18.3. The Morgan fingerprint density at radius 1 is 1.14 bits per heavy atom. The third-order valence-corrected chi connectivity index (χ3v) is 4.52. The van der Waals surface area contributed by atoms with Crippen LogP contribution in [-0.2, 0) is 0 Å². The maximum absolute atomic E-state index is 9.71. The molecule has 1 fully saturated rings. The van der Waals surface area contributed by atoms with Crippen LogP contribution < -0.4 is 0 Å². The zero-order chi connectivity index (χ0) is 17.1. The van der Waals surface area contributed by atoms with Crippen molar-refractivity contribution in [1.29, 1.82) is 0 Å². The molecule has 0 aromatic heterocycles. The van der Waals surface area contributed by atoms with Gasteiger partial charge in [0, 0.05) is 0 Å². The average Bonchev–Trinajstić information content (AvgIpc) is 2.38. The lowest BCUT2D eigenvalue weighted by Gasteiger charge is -2.33. The van der Waals surface area contributed by atoms with Gasteiger partial charge in [0.15, 0.2) is 0 Å². The normalized spacial score (nSPS) is 25.5. The minimum Gasteiger partial charge on any atom is -0.393 e. The second kappa shape index (κ2) is 11.9. The molecule has 1 rings (SSSR count). The predicted molar refractivity (Wildman–Crippen MR) is 96.9 cm³/mol. The summed E-state index contributed by atoms with van der Waals surface area (Å²) < 4.78 is 0. The molecule has 0 heterocycles. The molecule has 2 heteroatoms. The highest BCUT2D eigenvalue weighted by Gasteiger charge is 2.28. The molecule has 0 bridgehead atoms. The molecular weight excluding hydrogens is 272 g/mol. The fourth-order valence-electron chi connectivity index (χ4n) is 3.00. The number of rotatable bonds is 5. The fraction of sp³-hybridized carbons (Fsp3) is 0.800. The van der Waals surface area contributed by atoms with Crippen molar-refractivity contribution < 1.29 is 10.2 Å². The second-order valence-electron chi connectivity index (χ2n) is 7.45. The van der Waals surface area contributed by atoms with Crippen LogP contribution in [0.25, 0.3) is 0 Å². The zero-order valence-electron chi connectivity index (χ0n) is 15.6. The predicted octanol–water partition coefficient (Wildman–Crippen LogP) is 5.11. The van der Waals surface area contributed by atoms with E-state index in [1.807, 2.05) is 6.08 Å². The van der Waals surface area contributed by atoms with Gasteiger partial charge in [-0.2, -0.15) is 0 Å². The molecule has 0 amide bonds. The van der Waals surface area contributed by atoms with Gasteiger partial charge in [0.2, 0.25) is 0 Å². The van der Waals surface area contributed by atoms with E-state index < -0.39 is 0 Å². The third kappa shape index (κ3) is 10.2. The number of allylic oxidation sites excluding steroid dienone is 3. The van der Waals surface area contributed by atoms with Gasteiger partial charge in [-0.05, 0) is 64.2 Å². The summed E-state index contributed by atoms with van der Waals surface area (Å²) in [6.45, 7) is 13.1. The maximum atomic E-state index is 9.71.